The Balaban J connectivity index is 1.86. The average molecular weight is 327 g/mol. The topological polar surface area (TPSA) is 63.2 Å². The first kappa shape index (κ1) is 17.8. The van der Waals surface area contributed by atoms with Crippen molar-refractivity contribution in [2.24, 2.45) is 5.92 Å². The van der Waals surface area contributed by atoms with Gasteiger partial charge in [0.15, 0.2) is 0 Å². The summed E-state index contributed by atoms with van der Waals surface area (Å²) in [4.78, 5) is 16.4. The van der Waals surface area contributed by atoms with E-state index in [0.29, 0.717) is 18.0 Å². The molecular weight excluding hydrogens is 302 g/mol. The van der Waals surface area contributed by atoms with E-state index < -0.39 is 0 Å². The minimum absolute atomic E-state index is 0.112. The van der Waals surface area contributed by atoms with Gasteiger partial charge in [-0.25, -0.2) is 0 Å². The van der Waals surface area contributed by atoms with E-state index >= 15 is 0 Å². The lowest BCUT2D eigenvalue weighted by molar-refractivity contribution is 0.0954. The molecule has 1 heterocycles. The highest BCUT2D eigenvalue weighted by Crippen LogP contribution is 2.13. The Bertz CT molecular complexity index is 671. The second-order valence-electron chi connectivity index (χ2n) is 6.09. The largest absolute Gasteiger partial charge is 0.497 e. The molecule has 1 aromatic heterocycles. The molecule has 0 spiro atoms. The van der Waals surface area contributed by atoms with Crippen LogP contribution >= 0.6 is 0 Å². The lowest BCUT2D eigenvalue weighted by Gasteiger charge is -2.10. The Hall–Kier alpha value is -2.56. The van der Waals surface area contributed by atoms with Crippen LogP contribution in [0.25, 0.3) is 0 Å². The molecule has 1 amide bonds. The Labute approximate surface area is 143 Å². The SMILES string of the molecule is COc1cccc(CCNC(=O)c2cncc(NCC(C)C)c2)c1. The molecular formula is C19H25N3O2. The van der Waals surface area contributed by atoms with Crippen molar-refractivity contribution >= 4 is 11.6 Å². The molecule has 0 aliphatic heterocycles. The van der Waals surface area contributed by atoms with Crippen LogP contribution in [0.1, 0.15) is 29.8 Å². The number of amides is 1. The molecule has 24 heavy (non-hydrogen) atoms. The molecule has 2 rings (SSSR count). The van der Waals surface area contributed by atoms with Crippen LogP contribution in [0.15, 0.2) is 42.7 Å². The number of anilines is 1. The fraction of sp³-hybridized carbons (Fsp3) is 0.368. The van der Waals surface area contributed by atoms with Crippen molar-refractivity contribution in [3.8, 4) is 5.75 Å². The quantitative estimate of drug-likeness (QED) is 0.782. The van der Waals surface area contributed by atoms with E-state index in [-0.39, 0.29) is 5.91 Å². The molecule has 1 aromatic carbocycles. The molecule has 5 heteroatoms. The third-order valence-electron chi connectivity index (χ3n) is 3.55. The molecule has 0 unspecified atom stereocenters. The van der Waals surface area contributed by atoms with Crippen molar-refractivity contribution in [3.63, 3.8) is 0 Å². The van der Waals surface area contributed by atoms with Gasteiger partial charge in [0.25, 0.3) is 5.91 Å². The van der Waals surface area contributed by atoms with Gasteiger partial charge in [-0.3, -0.25) is 9.78 Å². The highest BCUT2D eigenvalue weighted by molar-refractivity contribution is 5.94. The number of hydrogen-bond donors (Lipinski definition) is 2. The van der Waals surface area contributed by atoms with Gasteiger partial charge in [-0.1, -0.05) is 26.0 Å². The van der Waals surface area contributed by atoms with E-state index in [1.165, 1.54) is 0 Å². The number of carbonyl (C=O) groups excluding carboxylic acids is 1. The molecule has 0 aliphatic carbocycles. The maximum Gasteiger partial charge on any atom is 0.252 e. The van der Waals surface area contributed by atoms with Gasteiger partial charge >= 0.3 is 0 Å². The molecule has 0 saturated carbocycles. The zero-order valence-corrected chi connectivity index (χ0v) is 14.5. The fourth-order valence-corrected chi connectivity index (χ4v) is 2.23. The van der Waals surface area contributed by atoms with E-state index in [9.17, 15) is 4.79 Å². The third-order valence-corrected chi connectivity index (χ3v) is 3.55. The summed E-state index contributed by atoms with van der Waals surface area (Å²) in [5.74, 6) is 1.25. The molecule has 0 saturated heterocycles. The van der Waals surface area contributed by atoms with Crippen LogP contribution in [0.2, 0.25) is 0 Å². The van der Waals surface area contributed by atoms with Crippen LogP contribution in [-0.4, -0.2) is 31.1 Å². The number of carbonyl (C=O) groups is 1. The van der Waals surface area contributed by atoms with Crippen LogP contribution in [0, 0.1) is 5.92 Å². The fourth-order valence-electron chi connectivity index (χ4n) is 2.23. The number of pyridine rings is 1. The Morgan fingerprint density at radius 1 is 1.25 bits per heavy atom. The average Bonchev–Trinajstić information content (AvgIpc) is 2.60. The summed E-state index contributed by atoms with van der Waals surface area (Å²) in [5.41, 5.74) is 2.55. The zero-order chi connectivity index (χ0) is 17.4. The van der Waals surface area contributed by atoms with E-state index in [1.54, 1.807) is 19.5 Å². The van der Waals surface area contributed by atoms with Crippen LogP contribution in [0.4, 0.5) is 5.69 Å². The van der Waals surface area contributed by atoms with Gasteiger partial charge in [-0.2, -0.15) is 0 Å². The van der Waals surface area contributed by atoms with Crippen LogP contribution in [-0.2, 0) is 6.42 Å². The van der Waals surface area contributed by atoms with Crippen molar-refractivity contribution in [1.29, 1.82) is 0 Å². The van der Waals surface area contributed by atoms with Crippen molar-refractivity contribution in [1.82, 2.24) is 10.3 Å². The minimum Gasteiger partial charge on any atom is -0.497 e. The first-order chi connectivity index (χ1) is 11.6. The molecule has 0 radical (unpaired) electrons. The predicted octanol–water partition coefficient (Wildman–Crippen LogP) is 3.13. The van der Waals surface area contributed by atoms with E-state index in [4.69, 9.17) is 4.74 Å². The van der Waals surface area contributed by atoms with Crippen molar-refractivity contribution in [2.75, 3.05) is 25.5 Å². The van der Waals surface area contributed by atoms with Gasteiger partial charge in [-0.15, -0.1) is 0 Å². The molecule has 5 nitrogen and oxygen atoms in total. The van der Waals surface area contributed by atoms with Crippen LogP contribution < -0.4 is 15.4 Å². The first-order valence-electron chi connectivity index (χ1n) is 8.18. The number of nitrogens with zero attached hydrogens (tertiary/aromatic N) is 1. The lowest BCUT2D eigenvalue weighted by Crippen LogP contribution is -2.26. The highest BCUT2D eigenvalue weighted by Gasteiger charge is 2.07. The summed E-state index contributed by atoms with van der Waals surface area (Å²) in [5, 5.41) is 6.21. The molecule has 0 bridgehead atoms. The van der Waals surface area contributed by atoms with Gasteiger partial charge in [0.2, 0.25) is 0 Å². The van der Waals surface area contributed by atoms with Gasteiger partial charge in [0.05, 0.1) is 18.4 Å². The number of rotatable bonds is 8. The summed E-state index contributed by atoms with van der Waals surface area (Å²) in [6, 6.07) is 9.68. The monoisotopic (exact) mass is 327 g/mol. The molecule has 2 aromatic rings. The summed E-state index contributed by atoms with van der Waals surface area (Å²) in [6.07, 6.45) is 4.07. The number of aromatic nitrogens is 1. The third kappa shape index (κ3) is 5.57. The maximum atomic E-state index is 12.2. The van der Waals surface area contributed by atoms with Gasteiger partial charge in [0, 0.05) is 25.5 Å². The Morgan fingerprint density at radius 2 is 2.08 bits per heavy atom. The van der Waals surface area contributed by atoms with E-state index in [1.807, 2.05) is 30.3 Å². The molecule has 2 N–H and O–H groups in total. The highest BCUT2D eigenvalue weighted by atomic mass is 16.5. The van der Waals surface area contributed by atoms with Gasteiger partial charge in [-0.05, 0) is 36.1 Å². The zero-order valence-electron chi connectivity index (χ0n) is 14.5. The van der Waals surface area contributed by atoms with Crippen molar-refractivity contribution in [2.45, 2.75) is 20.3 Å². The minimum atomic E-state index is -0.112. The second kappa shape index (κ2) is 8.91. The summed E-state index contributed by atoms with van der Waals surface area (Å²) >= 11 is 0. The second-order valence-corrected chi connectivity index (χ2v) is 6.09. The predicted molar refractivity (Wildman–Crippen MR) is 96.6 cm³/mol. The normalized spacial score (nSPS) is 10.5. The summed E-state index contributed by atoms with van der Waals surface area (Å²) < 4.78 is 5.20. The number of hydrogen-bond acceptors (Lipinski definition) is 4. The van der Waals surface area contributed by atoms with Crippen molar-refractivity contribution < 1.29 is 9.53 Å². The Kier molecular flexibility index (Phi) is 6.61. The lowest BCUT2D eigenvalue weighted by atomic mass is 10.1. The standard InChI is InChI=1S/C19H25N3O2/c1-14(2)11-22-17-10-16(12-20-13-17)19(23)21-8-7-15-5-4-6-18(9-15)24-3/h4-6,9-10,12-14,22H,7-8,11H2,1-3H3,(H,21,23). The Morgan fingerprint density at radius 3 is 2.83 bits per heavy atom. The van der Waals surface area contributed by atoms with Crippen molar-refractivity contribution in [3.05, 3.63) is 53.9 Å². The molecule has 0 atom stereocenters. The maximum absolute atomic E-state index is 12.2. The molecule has 128 valence electrons. The smallest absolute Gasteiger partial charge is 0.252 e. The van der Waals surface area contributed by atoms with E-state index in [2.05, 4.69) is 29.5 Å². The van der Waals surface area contributed by atoms with Gasteiger partial charge in [0.1, 0.15) is 5.75 Å². The van der Waals surface area contributed by atoms with E-state index in [0.717, 1.165) is 30.0 Å². The summed E-state index contributed by atoms with van der Waals surface area (Å²) in [7, 11) is 1.65. The first-order valence-corrected chi connectivity index (χ1v) is 8.18. The number of benzene rings is 1. The number of methoxy groups -OCH3 is 1. The molecule has 0 fully saturated rings. The summed E-state index contributed by atoms with van der Waals surface area (Å²) in [6.45, 7) is 5.68. The van der Waals surface area contributed by atoms with Crippen LogP contribution in [0.5, 0.6) is 5.75 Å². The molecule has 0 aliphatic rings. The number of nitrogens with one attached hydrogen (secondary N) is 2. The van der Waals surface area contributed by atoms with Gasteiger partial charge < -0.3 is 15.4 Å². The number of ether oxygens (including phenoxy) is 1. The van der Waals surface area contributed by atoms with Crippen LogP contribution in [0.3, 0.4) is 0 Å².